The molecule has 0 saturated carbocycles. The number of aryl methyl sites for hydroxylation is 2. The molecule has 0 heterocycles. The van der Waals surface area contributed by atoms with Gasteiger partial charge in [0, 0.05) is 5.56 Å². The largest absolute Gasteiger partial charge is 0.320 e. The van der Waals surface area contributed by atoms with Crippen molar-refractivity contribution in [3.8, 4) is 0 Å². The Labute approximate surface area is 117 Å². The molecule has 0 aromatic heterocycles. The minimum absolute atomic E-state index is 0.0704. The van der Waals surface area contributed by atoms with E-state index in [0.29, 0.717) is 0 Å². The number of ketones is 1. The van der Waals surface area contributed by atoms with Gasteiger partial charge in [-0.1, -0.05) is 12.1 Å². The van der Waals surface area contributed by atoms with Crippen LogP contribution in [0, 0.1) is 13.8 Å². The van der Waals surface area contributed by atoms with Crippen molar-refractivity contribution in [2.75, 3.05) is 27.2 Å². The minimum Gasteiger partial charge on any atom is -0.320 e. The Morgan fingerprint density at radius 3 is 2.58 bits per heavy atom. The van der Waals surface area contributed by atoms with Gasteiger partial charge in [0.05, 0.1) is 6.04 Å². The Morgan fingerprint density at radius 2 is 2.00 bits per heavy atom. The highest BCUT2D eigenvalue weighted by atomic mass is 16.1. The Bertz CT molecular complexity index is 429. The Hall–Kier alpha value is -1.19. The highest BCUT2D eigenvalue weighted by Gasteiger charge is 2.19. The summed E-state index contributed by atoms with van der Waals surface area (Å²) in [4.78, 5) is 14.5. The second-order valence-electron chi connectivity index (χ2n) is 5.28. The van der Waals surface area contributed by atoms with E-state index in [1.54, 1.807) is 0 Å². The van der Waals surface area contributed by atoms with E-state index in [2.05, 4.69) is 17.1 Å². The minimum atomic E-state index is -0.0704. The fraction of sp³-hybridized carbons (Fsp3) is 0.562. The molecule has 1 aromatic carbocycles. The summed E-state index contributed by atoms with van der Waals surface area (Å²) in [5.74, 6) is 0.204. The molecule has 19 heavy (non-hydrogen) atoms. The number of carbonyl (C=O) groups is 1. The van der Waals surface area contributed by atoms with E-state index in [1.165, 1.54) is 11.1 Å². The zero-order valence-electron chi connectivity index (χ0n) is 12.8. The SMILES string of the molecule is CNCCCN(C)C(C)C(=O)c1ccc(C)c(C)c1. The standard InChI is InChI=1S/C16H26N2O/c1-12-7-8-15(11-13(12)2)16(19)14(3)18(5)10-6-9-17-4/h7-8,11,14,17H,6,9-10H2,1-5H3. The zero-order chi connectivity index (χ0) is 14.4. The first-order chi connectivity index (χ1) is 8.97. The molecule has 106 valence electrons. The van der Waals surface area contributed by atoms with Crippen LogP contribution in [0.25, 0.3) is 0 Å². The van der Waals surface area contributed by atoms with Gasteiger partial charge in [-0.3, -0.25) is 9.69 Å². The molecule has 1 rings (SSSR count). The van der Waals surface area contributed by atoms with Gasteiger partial charge in [0.2, 0.25) is 0 Å². The van der Waals surface area contributed by atoms with Crippen molar-refractivity contribution in [2.45, 2.75) is 33.2 Å². The summed E-state index contributed by atoms with van der Waals surface area (Å²) >= 11 is 0. The molecule has 1 N–H and O–H groups in total. The van der Waals surface area contributed by atoms with Crippen molar-refractivity contribution >= 4 is 5.78 Å². The fourth-order valence-electron chi connectivity index (χ4n) is 2.03. The lowest BCUT2D eigenvalue weighted by Crippen LogP contribution is -2.37. The number of hydrogen-bond acceptors (Lipinski definition) is 3. The van der Waals surface area contributed by atoms with Crippen LogP contribution in [0.1, 0.15) is 34.8 Å². The van der Waals surface area contributed by atoms with E-state index in [0.717, 1.165) is 25.1 Å². The van der Waals surface area contributed by atoms with Gasteiger partial charge in [0.1, 0.15) is 0 Å². The monoisotopic (exact) mass is 262 g/mol. The molecule has 0 aliphatic carbocycles. The van der Waals surface area contributed by atoms with Crippen LogP contribution in [0.3, 0.4) is 0 Å². The van der Waals surface area contributed by atoms with E-state index < -0.39 is 0 Å². The van der Waals surface area contributed by atoms with Gasteiger partial charge in [-0.05, 0) is 71.6 Å². The number of nitrogens with zero attached hydrogens (tertiary/aromatic N) is 1. The smallest absolute Gasteiger partial charge is 0.179 e. The third-order valence-corrected chi connectivity index (χ3v) is 3.77. The maximum Gasteiger partial charge on any atom is 0.179 e. The van der Waals surface area contributed by atoms with Crippen LogP contribution in [0.5, 0.6) is 0 Å². The van der Waals surface area contributed by atoms with Crippen LogP contribution in [0.2, 0.25) is 0 Å². The summed E-state index contributed by atoms with van der Waals surface area (Å²) in [5, 5.41) is 3.12. The highest BCUT2D eigenvalue weighted by molar-refractivity contribution is 6.00. The van der Waals surface area contributed by atoms with Crippen molar-refractivity contribution in [3.05, 3.63) is 34.9 Å². The second-order valence-corrected chi connectivity index (χ2v) is 5.28. The van der Waals surface area contributed by atoms with Gasteiger partial charge in [-0.25, -0.2) is 0 Å². The molecule has 1 aromatic rings. The topological polar surface area (TPSA) is 32.3 Å². The van der Waals surface area contributed by atoms with Crippen molar-refractivity contribution in [3.63, 3.8) is 0 Å². The summed E-state index contributed by atoms with van der Waals surface area (Å²) in [6.45, 7) is 8.01. The van der Waals surface area contributed by atoms with Crippen molar-refractivity contribution < 1.29 is 4.79 Å². The second kappa shape index (κ2) is 7.41. The molecule has 1 atom stereocenters. The van der Waals surface area contributed by atoms with E-state index in [1.807, 2.05) is 46.1 Å². The summed E-state index contributed by atoms with van der Waals surface area (Å²) in [5.41, 5.74) is 3.22. The Kier molecular flexibility index (Phi) is 6.19. The predicted octanol–water partition coefficient (Wildman–Crippen LogP) is 2.42. The molecule has 0 bridgehead atoms. The van der Waals surface area contributed by atoms with Crippen molar-refractivity contribution in [1.82, 2.24) is 10.2 Å². The van der Waals surface area contributed by atoms with E-state index in [4.69, 9.17) is 0 Å². The van der Waals surface area contributed by atoms with Gasteiger partial charge in [0.25, 0.3) is 0 Å². The first-order valence-electron chi connectivity index (χ1n) is 6.93. The summed E-state index contributed by atoms with van der Waals surface area (Å²) < 4.78 is 0. The number of carbonyl (C=O) groups excluding carboxylic acids is 1. The summed E-state index contributed by atoms with van der Waals surface area (Å²) in [6.07, 6.45) is 1.05. The number of hydrogen-bond donors (Lipinski definition) is 1. The first kappa shape index (κ1) is 15.9. The third kappa shape index (κ3) is 4.44. The quantitative estimate of drug-likeness (QED) is 0.605. The van der Waals surface area contributed by atoms with E-state index in [9.17, 15) is 4.79 Å². The van der Waals surface area contributed by atoms with Gasteiger partial charge >= 0.3 is 0 Å². The normalized spacial score (nSPS) is 12.7. The average Bonchev–Trinajstić information content (AvgIpc) is 2.40. The number of Topliss-reactive ketones (excluding diaryl/α,β-unsaturated/α-hetero) is 1. The maximum absolute atomic E-state index is 12.4. The molecular formula is C16H26N2O. The molecule has 0 aliphatic heterocycles. The lowest BCUT2D eigenvalue weighted by molar-refractivity contribution is 0.0867. The van der Waals surface area contributed by atoms with Crippen LogP contribution in [-0.2, 0) is 0 Å². The Balaban J connectivity index is 2.67. The summed E-state index contributed by atoms with van der Waals surface area (Å²) in [7, 11) is 3.96. The maximum atomic E-state index is 12.4. The van der Waals surface area contributed by atoms with Crippen LogP contribution in [-0.4, -0.2) is 43.9 Å². The molecule has 3 nitrogen and oxygen atoms in total. The number of rotatable bonds is 7. The third-order valence-electron chi connectivity index (χ3n) is 3.77. The fourth-order valence-corrected chi connectivity index (χ4v) is 2.03. The van der Waals surface area contributed by atoms with E-state index in [-0.39, 0.29) is 11.8 Å². The van der Waals surface area contributed by atoms with Gasteiger partial charge in [-0.15, -0.1) is 0 Å². The zero-order valence-corrected chi connectivity index (χ0v) is 12.8. The molecule has 0 aliphatic rings. The molecule has 0 spiro atoms. The Morgan fingerprint density at radius 1 is 1.32 bits per heavy atom. The van der Waals surface area contributed by atoms with Crippen LogP contribution in [0.4, 0.5) is 0 Å². The lowest BCUT2D eigenvalue weighted by Gasteiger charge is -2.23. The van der Waals surface area contributed by atoms with Crippen LogP contribution in [0.15, 0.2) is 18.2 Å². The highest BCUT2D eigenvalue weighted by Crippen LogP contribution is 2.13. The lowest BCUT2D eigenvalue weighted by atomic mass is 10.00. The van der Waals surface area contributed by atoms with Crippen molar-refractivity contribution in [2.24, 2.45) is 0 Å². The molecule has 1 unspecified atom stereocenters. The predicted molar refractivity (Wildman–Crippen MR) is 80.9 cm³/mol. The molecule has 0 fully saturated rings. The molecule has 0 saturated heterocycles. The molecule has 0 radical (unpaired) electrons. The van der Waals surface area contributed by atoms with Gasteiger partial charge in [-0.2, -0.15) is 0 Å². The molecular weight excluding hydrogens is 236 g/mol. The van der Waals surface area contributed by atoms with Crippen LogP contribution >= 0.6 is 0 Å². The van der Waals surface area contributed by atoms with Gasteiger partial charge < -0.3 is 5.32 Å². The average molecular weight is 262 g/mol. The molecule has 3 heteroatoms. The van der Waals surface area contributed by atoms with Crippen molar-refractivity contribution in [1.29, 1.82) is 0 Å². The van der Waals surface area contributed by atoms with Gasteiger partial charge in [0.15, 0.2) is 5.78 Å². The number of benzene rings is 1. The van der Waals surface area contributed by atoms with E-state index >= 15 is 0 Å². The number of likely N-dealkylation sites (N-methyl/N-ethyl adjacent to an activating group) is 1. The summed E-state index contributed by atoms with van der Waals surface area (Å²) in [6, 6.07) is 5.88. The van der Waals surface area contributed by atoms with Crippen LogP contribution < -0.4 is 5.32 Å². The number of nitrogens with one attached hydrogen (secondary N) is 1. The first-order valence-corrected chi connectivity index (χ1v) is 6.93. The molecule has 0 amide bonds.